The average molecular weight is 594 g/mol. The molecule has 10 heteroatoms. The van der Waals surface area contributed by atoms with Gasteiger partial charge in [-0.3, -0.25) is 14.8 Å². The van der Waals surface area contributed by atoms with Crippen LogP contribution in [0, 0.1) is 36.0 Å². The Kier molecular flexibility index (Phi) is 9.73. The lowest BCUT2D eigenvalue weighted by Crippen LogP contribution is -2.30. The largest absolute Gasteiger partial charge is 0.467 e. The highest BCUT2D eigenvalue weighted by Crippen LogP contribution is 2.40. The first-order chi connectivity index (χ1) is 21.3. The van der Waals surface area contributed by atoms with E-state index in [-0.39, 0.29) is 17.8 Å². The van der Waals surface area contributed by atoms with Crippen molar-refractivity contribution in [3.05, 3.63) is 70.8 Å². The molecule has 0 aromatic carbocycles. The molecule has 0 saturated heterocycles. The highest BCUT2D eigenvalue weighted by Gasteiger charge is 2.36. The van der Waals surface area contributed by atoms with E-state index in [4.69, 9.17) is 19.4 Å². The van der Waals surface area contributed by atoms with Crippen molar-refractivity contribution >= 4 is 11.7 Å². The molecule has 228 valence electrons. The molecule has 0 bridgehead atoms. The zero-order valence-corrected chi connectivity index (χ0v) is 26.1. The van der Waals surface area contributed by atoms with Gasteiger partial charge in [-0.25, -0.2) is 19.9 Å². The predicted molar refractivity (Wildman–Crippen MR) is 166 cm³/mol. The highest BCUT2D eigenvalue weighted by molar-refractivity contribution is 6.13. The zero-order chi connectivity index (χ0) is 31.2. The van der Waals surface area contributed by atoms with Gasteiger partial charge >= 0.3 is 12.0 Å². The van der Waals surface area contributed by atoms with Crippen molar-refractivity contribution in [2.24, 2.45) is 22.7 Å². The van der Waals surface area contributed by atoms with Gasteiger partial charge in [-0.05, 0) is 68.9 Å². The second-order valence-electron chi connectivity index (χ2n) is 12.1. The van der Waals surface area contributed by atoms with Crippen LogP contribution in [-0.4, -0.2) is 56.9 Å². The van der Waals surface area contributed by atoms with E-state index in [1.54, 1.807) is 18.6 Å². The molecule has 1 unspecified atom stereocenters. The quantitative estimate of drug-likeness (QED) is 0.275. The molecule has 0 N–H and O–H groups in total. The van der Waals surface area contributed by atoms with Crippen molar-refractivity contribution in [2.45, 2.75) is 65.7 Å². The van der Waals surface area contributed by atoms with Crippen molar-refractivity contribution in [1.29, 1.82) is 5.26 Å². The molecule has 0 spiro atoms. The Balaban J connectivity index is 1.32. The number of pyridine rings is 1. The minimum Gasteiger partial charge on any atom is -0.467 e. The first-order valence-corrected chi connectivity index (χ1v) is 15.3. The van der Waals surface area contributed by atoms with Gasteiger partial charge in [0.1, 0.15) is 23.5 Å². The Morgan fingerprint density at radius 2 is 1.80 bits per heavy atom. The number of nitriles is 1. The Morgan fingerprint density at radius 3 is 2.41 bits per heavy atom. The van der Waals surface area contributed by atoms with Crippen LogP contribution >= 0.6 is 0 Å². The van der Waals surface area contributed by atoms with Crippen LogP contribution in [-0.2, 0) is 16.0 Å². The third-order valence-corrected chi connectivity index (χ3v) is 8.40. The van der Waals surface area contributed by atoms with Crippen molar-refractivity contribution in [1.82, 2.24) is 24.9 Å². The fourth-order valence-electron chi connectivity index (χ4n) is 6.03. The number of carbonyl (C=O) groups excluding carboxylic acids is 1. The van der Waals surface area contributed by atoms with Crippen LogP contribution in [0.25, 0.3) is 11.1 Å². The van der Waals surface area contributed by atoms with E-state index in [1.165, 1.54) is 7.11 Å². The van der Waals surface area contributed by atoms with Gasteiger partial charge in [0.2, 0.25) is 0 Å². The fraction of sp³-hybridized carbons (Fsp3) is 0.471. The molecule has 1 atom stereocenters. The molecule has 0 amide bonds. The van der Waals surface area contributed by atoms with Gasteiger partial charge < -0.3 is 9.47 Å². The molecule has 1 aliphatic heterocycles. The molecule has 3 aromatic heterocycles. The van der Waals surface area contributed by atoms with E-state index in [2.05, 4.69) is 26.0 Å². The number of aromatic nitrogens is 5. The predicted octanol–water partition coefficient (Wildman–Crippen LogP) is 5.60. The van der Waals surface area contributed by atoms with Crippen LogP contribution in [0.4, 0.5) is 0 Å². The molecular weight excluding hydrogens is 554 g/mol. The standard InChI is InChI=1S/C34H39N7O3/c1-20(2)19-44-33(42)30(28-11-10-27(22(4)40-28)26-17-38-34(43-5)39-18-26)24-8-6-23(7-9-24)14-29-37-16-25(15-35)32(41-29)31-21(3)12-13-36-31/h10-12,16-18,20,23-24,30H,6-9,13-14,19H2,1-5H3. The van der Waals surface area contributed by atoms with Crippen molar-refractivity contribution < 1.29 is 14.3 Å². The van der Waals surface area contributed by atoms with Crippen LogP contribution in [0.2, 0.25) is 0 Å². The van der Waals surface area contributed by atoms with Crippen molar-refractivity contribution in [2.75, 3.05) is 20.3 Å². The normalized spacial score (nSPS) is 18.8. The Labute approximate surface area is 258 Å². The second kappa shape index (κ2) is 13.8. The Morgan fingerprint density at radius 1 is 1.05 bits per heavy atom. The molecule has 1 saturated carbocycles. The summed E-state index contributed by atoms with van der Waals surface area (Å²) in [4.78, 5) is 40.8. The lowest BCUT2D eigenvalue weighted by Gasteiger charge is -2.33. The monoisotopic (exact) mass is 593 g/mol. The lowest BCUT2D eigenvalue weighted by molar-refractivity contribution is -0.148. The number of aryl methyl sites for hydroxylation is 1. The maximum atomic E-state index is 13.5. The molecule has 44 heavy (non-hydrogen) atoms. The summed E-state index contributed by atoms with van der Waals surface area (Å²) in [5, 5.41) is 9.62. The number of allylic oxidation sites excluding steroid dienone is 1. The van der Waals surface area contributed by atoms with Gasteiger partial charge in [0.25, 0.3) is 0 Å². The molecule has 5 rings (SSSR count). The summed E-state index contributed by atoms with van der Waals surface area (Å²) in [6.07, 6.45) is 11.4. The van der Waals surface area contributed by atoms with E-state index < -0.39 is 5.92 Å². The molecule has 0 radical (unpaired) electrons. The van der Waals surface area contributed by atoms with Crippen molar-refractivity contribution in [3.63, 3.8) is 0 Å². The smallest absolute Gasteiger partial charge is 0.316 e. The fourth-order valence-corrected chi connectivity index (χ4v) is 6.03. The van der Waals surface area contributed by atoms with E-state index in [0.717, 1.165) is 71.7 Å². The summed E-state index contributed by atoms with van der Waals surface area (Å²) < 4.78 is 10.9. The third-order valence-electron chi connectivity index (χ3n) is 8.40. The van der Waals surface area contributed by atoms with Crippen molar-refractivity contribution in [3.8, 4) is 23.2 Å². The summed E-state index contributed by atoms with van der Waals surface area (Å²) in [6.45, 7) is 9.00. The molecule has 10 nitrogen and oxygen atoms in total. The molecule has 2 aliphatic rings. The number of hydrogen-bond donors (Lipinski definition) is 0. The van der Waals surface area contributed by atoms with Crippen LogP contribution < -0.4 is 4.74 Å². The first kappa shape index (κ1) is 30.9. The maximum Gasteiger partial charge on any atom is 0.316 e. The van der Waals surface area contributed by atoms with Gasteiger partial charge in [-0.1, -0.05) is 26.0 Å². The number of nitrogens with zero attached hydrogens (tertiary/aromatic N) is 7. The number of rotatable bonds is 10. The van der Waals surface area contributed by atoms with E-state index in [1.807, 2.05) is 45.9 Å². The summed E-state index contributed by atoms with van der Waals surface area (Å²) >= 11 is 0. The molecule has 4 heterocycles. The average Bonchev–Trinajstić information content (AvgIpc) is 3.46. The van der Waals surface area contributed by atoms with Crippen LogP contribution in [0.1, 0.15) is 80.8 Å². The van der Waals surface area contributed by atoms with Gasteiger partial charge in [0.15, 0.2) is 0 Å². The summed E-state index contributed by atoms with van der Waals surface area (Å²) in [5.41, 5.74) is 6.17. The van der Waals surface area contributed by atoms with Crippen LogP contribution in [0.5, 0.6) is 6.01 Å². The minimum atomic E-state index is -0.442. The molecule has 1 fully saturated rings. The molecular formula is C34H39N7O3. The Bertz CT molecular complexity index is 1600. The number of aliphatic imine (C=N–C) groups is 1. The van der Waals surface area contributed by atoms with E-state index in [0.29, 0.717) is 36.3 Å². The maximum absolute atomic E-state index is 13.5. The van der Waals surface area contributed by atoms with E-state index in [9.17, 15) is 10.1 Å². The number of carbonyl (C=O) groups is 1. The molecule has 1 aliphatic carbocycles. The van der Waals surface area contributed by atoms with Crippen LogP contribution in [0.3, 0.4) is 0 Å². The Hall–Kier alpha value is -4.52. The van der Waals surface area contributed by atoms with Gasteiger partial charge in [0, 0.05) is 41.8 Å². The van der Waals surface area contributed by atoms with Gasteiger partial charge in [0.05, 0.1) is 37.2 Å². The molecule has 3 aromatic rings. The van der Waals surface area contributed by atoms with Gasteiger partial charge in [-0.2, -0.15) is 5.26 Å². The number of hydrogen-bond acceptors (Lipinski definition) is 10. The number of ether oxygens (including phenoxy) is 2. The summed E-state index contributed by atoms with van der Waals surface area (Å²) in [5.74, 6) is 0.819. The lowest BCUT2D eigenvalue weighted by atomic mass is 9.73. The SMILES string of the molecule is COc1ncc(-c2ccc(C(C(=O)OCC(C)C)C3CCC(Cc4ncc(C#N)c(C5=NCC=C5C)n4)CC3)nc2C)cn1. The number of methoxy groups -OCH3 is 1. The third kappa shape index (κ3) is 6.99. The summed E-state index contributed by atoms with van der Waals surface area (Å²) in [7, 11) is 1.53. The van der Waals surface area contributed by atoms with E-state index >= 15 is 0 Å². The van der Waals surface area contributed by atoms with Gasteiger partial charge in [-0.15, -0.1) is 0 Å². The first-order valence-electron chi connectivity index (χ1n) is 15.3. The van der Waals surface area contributed by atoms with Crippen LogP contribution in [0.15, 0.2) is 47.4 Å². The summed E-state index contributed by atoms with van der Waals surface area (Å²) in [6, 6.07) is 6.45. The zero-order valence-electron chi connectivity index (χ0n) is 26.1. The number of esters is 1. The second-order valence-corrected chi connectivity index (χ2v) is 12.1. The minimum absolute atomic E-state index is 0.117. The topological polar surface area (TPSA) is 136 Å². The highest BCUT2D eigenvalue weighted by atomic mass is 16.5.